The van der Waals surface area contributed by atoms with Gasteiger partial charge in [0.1, 0.15) is 5.54 Å². The molecule has 5 heteroatoms. The van der Waals surface area contributed by atoms with Gasteiger partial charge in [-0.25, -0.2) is 4.79 Å². The van der Waals surface area contributed by atoms with Crippen LogP contribution in [0.2, 0.25) is 0 Å². The third-order valence-corrected chi connectivity index (χ3v) is 2.97. The molecule has 1 rings (SSSR count). The Morgan fingerprint density at radius 2 is 2.13 bits per heavy atom. The molecule has 1 amide bonds. The number of nitrogens with one attached hydrogen (secondary N) is 1. The van der Waals surface area contributed by atoms with E-state index in [1.54, 1.807) is 0 Å². The fourth-order valence-electron chi connectivity index (χ4n) is 2.07. The maximum Gasteiger partial charge on any atom is 0.329 e. The molecule has 0 bridgehead atoms. The number of hydrogen-bond donors (Lipinski definition) is 2. The molecule has 5 nitrogen and oxygen atoms in total. The maximum absolute atomic E-state index is 11.3. The summed E-state index contributed by atoms with van der Waals surface area (Å²) in [6.45, 7) is 3.75. The van der Waals surface area contributed by atoms with Crippen molar-refractivity contribution in [3.63, 3.8) is 0 Å². The van der Waals surface area contributed by atoms with Gasteiger partial charge in [0.15, 0.2) is 0 Å². The number of carboxylic acids is 1. The van der Waals surface area contributed by atoms with Crippen molar-refractivity contribution in [2.75, 3.05) is 19.6 Å². The van der Waals surface area contributed by atoms with Crippen molar-refractivity contribution >= 4 is 12.4 Å². The number of aliphatic carboxylic acids is 1. The summed E-state index contributed by atoms with van der Waals surface area (Å²) >= 11 is 0. The van der Waals surface area contributed by atoms with Gasteiger partial charge in [-0.15, -0.1) is 0 Å². The Morgan fingerprint density at radius 3 is 2.53 bits per heavy atom. The lowest BCUT2D eigenvalue weighted by Crippen LogP contribution is -2.59. The predicted molar refractivity (Wildman–Crippen MR) is 55.5 cm³/mol. The molecule has 86 valence electrons. The van der Waals surface area contributed by atoms with E-state index in [4.69, 9.17) is 0 Å². The van der Waals surface area contributed by atoms with Crippen LogP contribution in [0.4, 0.5) is 0 Å². The van der Waals surface area contributed by atoms with Crippen LogP contribution in [0.25, 0.3) is 0 Å². The number of carbonyl (C=O) groups excluding carboxylic acids is 1. The summed E-state index contributed by atoms with van der Waals surface area (Å²) in [5.74, 6) is -0.885. The highest BCUT2D eigenvalue weighted by atomic mass is 16.4. The third kappa shape index (κ3) is 2.28. The Kier molecular flexibility index (Phi) is 4.08. The number of piperidine rings is 1. The van der Waals surface area contributed by atoms with Crippen LogP contribution in [0.1, 0.15) is 26.2 Å². The predicted octanol–water partition coefficient (Wildman–Crippen LogP) is 0.0616. The lowest BCUT2D eigenvalue weighted by molar-refractivity contribution is -0.157. The molecule has 1 saturated heterocycles. The van der Waals surface area contributed by atoms with Crippen LogP contribution >= 0.6 is 0 Å². The second-order valence-electron chi connectivity index (χ2n) is 3.89. The summed E-state index contributed by atoms with van der Waals surface area (Å²) in [5.41, 5.74) is -0.983. The molecule has 0 unspecified atom stereocenters. The van der Waals surface area contributed by atoms with Crippen LogP contribution in [0.3, 0.4) is 0 Å². The monoisotopic (exact) mass is 214 g/mol. The largest absolute Gasteiger partial charge is 0.479 e. The van der Waals surface area contributed by atoms with Gasteiger partial charge in [-0.05, 0) is 32.4 Å². The van der Waals surface area contributed by atoms with Gasteiger partial charge in [-0.3, -0.25) is 4.79 Å². The molecule has 0 aromatic rings. The first-order valence-corrected chi connectivity index (χ1v) is 5.33. The Labute approximate surface area is 89.4 Å². The van der Waals surface area contributed by atoms with E-state index in [1.807, 2.05) is 6.92 Å². The van der Waals surface area contributed by atoms with Crippen LogP contribution in [-0.4, -0.2) is 47.6 Å². The zero-order chi connectivity index (χ0) is 11.3. The average Bonchev–Trinajstić information content (AvgIpc) is 2.26. The van der Waals surface area contributed by atoms with Crippen molar-refractivity contribution < 1.29 is 14.7 Å². The van der Waals surface area contributed by atoms with Gasteiger partial charge < -0.3 is 15.3 Å². The zero-order valence-electron chi connectivity index (χ0n) is 9.03. The molecule has 0 atom stereocenters. The average molecular weight is 214 g/mol. The Balaban J connectivity index is 2.86. The topological polar surface area (TPSA) is 69.6 Å². The number of rotatable bonds is 5. The van der Waals surface area contributed by atoms with E-state index >= 15 is 0 Å². The Bertz CT molecular complexity index is 237. The Hall–Kier alpha value is -1.10. The molecule has 1 fully saturated rings. The normalized spacial score (nSPS) is 19.5. The van der Waals surface area contributed by atoms with Gasteiger partial charge >= 0.3 is 5.97 Å². The lowest BCUT2D eigenvalue weighted by atomic mass is 9.86. The number of nitrogens with zero attached hydrogens (tertiary/aromatic N) is 1. The minimum atomic E-state index is -0.983. The fourth-order valence-corrected chi connectivity index (χ4v) is 2.07. The first kappa shape index (κ1) is 12.0. The first-order valence-electron chi connectivity index (χ1n) is 5.33. The van der Waals surface area contributed by atoms with Gasteiger partial charge in [-0.1, -0.05) is 6.92 Å². The maximum atomic E-state index is 11.3. The molecule has 0 saturated carbocycles. The molecule has 1 aliphatic heterocycles. The van der Waals surface area contributed by atoms with Gasteiger partial charge in [0.25, 0.3) is 0 Å². The van der Waals surface area contributed by atoms with Crippen molar-refractivity contribution in [1.82, 2.24) is 10.2 Å². The molecular weight excluding hydrogens is 196 g/mol. The zero-order valence-corrected chi connectivity index (χ0v) is 9.03. The number of carbonyl (C=O) groups is 2. The molecule has 1 heterocycles. The van der Waals surface area contributed by atoms with E-state index in [2.05, 4.69) is 5.32 Å². The van der Waals surface area contributed by atoms with E-state index < -0.39 is 11.5 Å². The van der Waals surface area contributed by atoms with Crippen LogP contribution in [0, 0.1) is 0 Å². The quantitative estimate of drug-likeness (QED) is 0.635. The van der Waals surface area contributed by atoms with E-state index in [0.29, 0.717) is 38.9 Å². The molecule has 2 N–H and O–H groups in total. The third-order valence-electron chi connectivity index (χ3n) is 2.97. The number of carboxylic acid groups (broad SMARTS) is 1. The SMILES string of the molecule is CCCN(C=O)C1(C(=O)O)CCNCC1. The summed E-state index contributed by atoms with van der Waals surface area (Å²) < 4.78 is 0. The fraction of sp³-hybridized carbons (Fsp3) is 0.800. The smallest absolute Gasteiger partial charge is 0.329 e. The van der Waals surface area contributed by atoms with Crippen molar-refractivity contribution in [3.8, 4) is 0 Å². The van der Waals surface area contributed by atoms with E-state index in [9.17, 15) is 14.7 Å². The van der Waals surface area contributed by atoms with Crippen molar-refractivity contribution in [3.05, 3.63) is 0 Å². The molecule has 0 aromatic heterocycles. The van der Waals surface area contributed by atoms with Crippen LogP contribution in [-0.2, 0) is 9.59 Å². The minimum absolute atomic E-state index is 0.487. The van der Waals surface area contributed by atoms with Gasteiger partial charge in [0, 0.05) is 6.54 Å². The molecular formula is C10H18N2O3. The van der Waals surface area contributed by atoms with E-state index in [0.717, 1.165) is 6.42 Å². The van der Waals surface area contributed by atoms with Crippen LogP contribution < -0.4 is 5.32 Å². The standard InChI is InChI=1S/C10H18N2O3/c1-2-7-12(8-13)10(9(14)15)3-5-11-6-4-10/h8,11H,2-7H2,1H3,(H,14,15). The molecule has 0 aromatic carbocycles. The molecule has 0 aliphatic carbocycles. The van der Waals surface area contributed by atoms with Gasteiger partial charge in [0.2, 0.25) is 6.41 Å². The van der Waals surface area contributed by atoms with Crippen molar-refractivity contribution in [1.29, 1.82) is 0 Å². The lowest BCUT2D eigenvalue weighted by Gasteiger charge is -2.41. The highest BCUT2D eigenvalue weighted by Gasteiger charge is 2.44. The number of hydrogen-bond acceptors (Lipinski definition) is 3. The molecule has 0 spiro atoms. The van der Waals surface area contributed by atoms with Crippen LogP contribution in [0.15, 0.2) is 0 Å². The van der Waals surface area contributed by atoms with Gasteiger partial charge in [0.05, 0.1) is 0 Å². The van der Waals surface area contributed by atoms with E-state index in [1.165, 1.54) is 4.90 Å². The minimum Gasteiger partial charge on any atom is -0.479 e. The summed E-state index contributed by atoms with van der Waals surface area (Å²) in [4.78, 5) is 23.7. The summed E-state index contributed by atoms with van der Waals surface area (Å²) in [5, 5.41) is 12.4. The Morgan fingerprint density at radius 1 is 1.53 bits per heavy atom. The summed E-state index contributed by atoms with van der Waals surface area (Å²) in [6.07, 6.45) is 2.42. The highest BCUT2D eigenvalue weighted by Crippen LogP contribution is 2.25. The van der Waals surface area contributed by atoms with Gasteiger partial charge in [-0.2, -0.15) is 0 Å². The second kappa shape index (κ2) is 5.11. The van der Waals surface area contributed by atoms with E-state index in [-0.39, 0.29) is 0 Å². The highest BCUT2D eigenvalue weighted by molar-refractivity contribution is 5.81. The van der Waals surface area contributed by atoms with Crippen molar-refractivity contribution in [2.24, 2.45) is 0 Å². The molecule has 1 aliphatic rings. The molecule has 15 heavy (non-hydrogen) atoms. The second-order valence-corrected chi connectivity index (χ2v) is 3.89. The molecule has 0 radical (unpaired) electrons. The number of amides is 1. The van der Waals surface area contributed by atoms with Crippen molar-refractivity contribution in [2.45, 2.75) is 31.7 Å². The van der Waals surface area contributed by atoms with Crippen LogP contribution in [0.5, 0.6) is 0 Å². The summed E-state index contributed by atoms with van der Waals surface area (Å²) in [6, 6.07) is 0. The summed E-state index contributed by atoms with van der Waals surface area (Å²) in [7, 11) is 0. The first-order chi connectivity index (χ1) is 7.17.